The number of para-hydroxylation sites is 1. The van der Waals surface area contributed by atoms with E-state index >= 15 is 0 Å². The highest BCUT2D eigenvalue weighted by Crippen LogP contribution is 2.25. The van der Waals surface area contributed by atoms with Crippen molar-refractivity contribution in [1.82, 2.24) is 4.90 Å². The summed E-state index contributed by atoms with van der Waals surface area (Å²) in [6, 6.07) is 7.75. The Kier molecular flexibility index (Phi) is 5.67. The summed E-state index contributed by atoms with van der Waals surface area (Å²) in [5, 5.41) is 10.4. The van der Waals surface area contributed by atoms with Crippen LogP contribution in [0.5, 0.6) is 5.75 Å². The second-order valence-corrected chi connectivity index (χ2v) is 5.33. The lowest BCUT2D eigenvalue weighted by molar-refractivity contribution is 0.105. The first-order chi connectivity index (χ1) is 9.31. The first-order valence-electron chi connectivity index (χ1n) is 7.34. The Morgan fingerprint density at radius 2 is 1.74 bits per heavy atom. The third-order valence-corrected chi connectivity index (χ3v) is 3.88. The molecule has 106 valence electrons. The zero-order chi connectivity index (χ0) is 13.5. The number of hydrogen-bond donors (Lipinski definition) is 1. The summed E-state index contributed by atoms with van der Waals surface area (Å²) >= 11 is 0. The van der Waals surface area contributed by atoms with Crippen molar-refractivity contribution < 1.29 is 9.84 Å². The quantitative estimate of drug-likeness (QED) is 0.906. The molecule has 1 aliphatic heterocycles. The molecule has 1 aromatic rings. The summed E-state index contributed by atoms with van der Waals surface area (Å²) in [5.41, 5.74) is 0.895. The molecule has 0 bridgehead atoms. The van der Waals surface area contributed by atoms with Crippen LogP contribution in [0.1, 0.15) is 43.8 Å². The zero-order valence-electron chi connectivity index (χ0n) is 11.8. The van der Waals surface area contributed by atoms with E-state index in [0.29, 0.717) is 6.54 Å². The number of hydrogen-bond acceptors (Lipinski definition) is 3. The van der Waals surface area contributed by atoms with Gasteiger partial charge in [-0.15, -0.1) is 0 Å². The SMILES string of the molecule is COc1ccccc1C(O)CN1CCCCCCC1. The Morgan fingerprint density at radius 1 is 1.11 bits per heavy atom. The van der Waals surface area contributed by atoms with E-state index in [-0.39, 0.29) is 0 Å². The standard InChI is InChI=1S/C16H25NO2/c1-19-16-10-6-5-9-14(16)15(18)13-17-11-7-3-2-4-8-12-17/h5-6,9-10,15,18H,2-4,7-8,11-13H2,1H3. The molecule has 1 aromatic carbocycles. The van der Waals surface area contributed by atoms with Gasteiger partial charge in [0.05, 0.1) is 13.2 Å². The molecule has 1 heterocycles. The fourth-order valence-electron chi connectivity index (χ4n) is 2.78. The Morgan fingerprint density at radius 3 is 2.42 bits per heavy atom. The predicted molar refractivity (Wildman–Crippen MR) is 77.5 cm³/mol. The second kappa shape index (κ2) is 7.51. The number of nitrogens with zero attached hydrogens (tertiary/aromatic N) is 1. The van der Waals surface area contributed by atoms with Crippen molar-refractivity contribution in [3.05, 3.63) is 29.8 Å². The van der Waals surface area contributed by atoms with E-state index < -0.39 is 6.10 Å². The monoisotopic (exact) mass is 263 g/mol. The Bertz CT molecular complexity index is 373. The molecular weight excluding hydrogens is 238 g/mol. The molecule has 0 spiro atoms. The molecule has 3 nitrogen and oxygen atoms in total. The van der Waals surface area contributed by atoms with Crippen LogP contribution in [-0.4, -0.2) is 36.8 Å². The highest BCUT2D eigenvalue weighted by Gasteiger charge is 2.17. The zero-order valence-corrected chi connectivity index (χ0v) is 11.8. The number of benzene rings is 1. The molecule has 19 heavy (non-hydrogen) atoms. The van der Waals surface area contributed by atoms with Crippen molar-refractivity contribution in [2.24, 2.45) is 0 Å². The number of likely N-dealkylation sites (tertiary alicyclic amines) is 1. The summed E-state index contributed by atoms with van der Waals surface area (Å²) in [5.74, 6) is 0.780. The van der Waals surface area contributed by atoms with Crippen LogP contribution < -0.4 is 4.74 Å². The fraction of sp³-hybridized carbons (Fsp3) is 0.625. The fourth-order valence-corrected chi connectivity index (χ4v) is 2.78. The summed E-state index contributed by atoms with van der Waals surface area (Å²) in [6.45, 7) is 2.92. The molecule has 1 atom stereocenters. The smallest absolute Gasteiger partial charge is 0.124 e. The number of aliphatic hydroxyl groups is 1. The Hall–Kier alpha value is -1.06. The van der Waals surface area contributed by atoms with Gasteiger partial charge in [-0.05, 0) is 32.0 Å². The van der Waals surface area contributed by atoms with Crippen LogP contribution in [0.3, 0.4) is 0 Å². The van der Waals surface area contributed by atoms with Gasteiger partial charge in [0, 0.05) is 12.1 Å². The number of aliphatic hydroxyl groups excluding tert-OH is 1. The average molecular weight is 263 g/mol. The van der Waals surface area contributed by atoms with Crippen LogP contribution in [-0.2, 0) is 0 Å². The predicted octanol–water partition coefficient (Wildman–Crippen LogP) is 2.99. The second-order valence-electron chi connectivity index (χ2n) is 5.33. The van der Waals surface area contributed by atoms with E-state index in [2.05, 4.69) is 4.90 Å². The van der Waals surface area contributed by atoms with E-state index in [1.807, 2.05) is 24.3 Å². The van der Waals surface area contributed by atoms with Crippen molar-refractivity contribution in [2.75, 3.05) is 26.7 Å². The third-order valence-electron chi connectivity index (χ3n) is 3.88. The van der Waals surface area contributed by atoms with E-state index in [0.717, 1.165) is 24.4 Å². The molecule has 0 amide bonds. The van der Waals surface area contributed by atoms with Gasteiger partial charge in [0.2, 0.25) is 0 Å². The van der Waals surface area contributed by atoms with Crippen LogP contribution in [0.25, 0.3) is 0 Å². The van der Waals surface area contributed by atoms with Crippen molar-refractivity contribution in [1.29, 1.82) is 0 Å². The van der Waals surface area contributed by atoms with Crippen LogP contribution >= 0.6 is 0 Å². The lowest BCUT2D eigenvalue weighted by Gasteiger charge is -2.27. The molecule has 0 radical (unpaired) electrons. The molecule has 1 N–H and O–H groups in total. The average Bonchev–Trinajstić information content (AvgIpc) is 2.41. The minimum Gasteiger partial charge on any atom is -0.496 e. The highest BCUT2D eigenvalue weighted by molar-refractivity contribution is 5.35. The number of methoxy groups -OCH3 is 1. The van der Waals surface area contributed by atoms with E-state index in [1.54, 1.807) is 7.11 Å². The molecule has 1 fully saturated rings. The molecule has 0 saturated carbocycles. The normalized spacial score (nSPS) is 19.5. The maximum absolute atomic E-state index is 10.4. The van der Waals surface area contributed by atoms with Gasteiger partial charge in [-0.3, -0.25) is 0 Å². The van der Waals surface area contributed by atoms with Crippen LogP contribution in [0, 0.1) is 0 Å². The molecule has 1 aliphatic rings. The summed E-state index contributed by atoms with van der Waals surface area (Å²) in [6.07, 6.45) is 6.04. The largest absolute Gasteiger partial charge is 0.496 e. The topological polar surface area (TPSA) is 32.7 Å². The van der Waals surface area contributed by atoms with Crippen LogP contribution in [0.15, 0.2) is 24.3 Å². The molecule has 1 unspecified atom stereocenters. The Balaban J connectivity index is 1.96. The summed E-state index contributed by atoms with van der Waals surface area (Å²) < 4.78 is 5.32. The van der Waals surface area contributed by atoms with Crippen LogP contribution in [0.2, 0.25) is 0 Å². The molecule has 2 rings (SSSR count). The Labute approximate surface area is 116 Å². The summed E-state index contributed by atoms with van der Waals surface area (Å²) in [7, 11) is 1.65. The molecule has 3 heteroatoms. The van der Waals surface area contributed by atoms with Crippen molar-refractivity contribution in [2.45, 2.75) is 38.2 Å². The van der Waals surface area contributed by atoms with Gasteiger partial charge in [0.15, 0.2) is 0 Å². The highest BCUT2D eigenvalue weighted by atomic mass is 16.5. The van der Waals surface area contributed by atoms with Crippen molar-refractivity contribution >= 4 is 0 Å². The van der Waals surface area contributed by atoms with Gasteiger partial charge in [-0.1, -0.05) is 37.5 Å². The maximum atomic E-state index is 10.4. The van der Waals surface area contributed by atoms with Crippen molar-refractivity contribution in [3.8, 4) is 5.75 Å². The third kappa shape index (κ3) is 4.22. The number of rotatable bonds is 4. The lowest BCUT2D eigenvalue weighted by atomic mass is 10.1. The van der Waals surface area contributed by atoms with E-state index in [1.165, 1.54) is 32.1 Å². The van der Waals surface area contributed by atoms with Gasteiger partial charge in [0.1, 0.15) is 5.75 Å². The minimum absolute atomic E-state index is 0.462. The van der Waals surface area contributed by atoms with E-state index in [4.69, 9.17) is 4.74 Å². The van der Waals surface area contributed by atoms with Gasteiger partial charge >= 0.3 is 0 Å². The van der Waals surface area contributed by atoms with Gasteiger partial charge in [0.25, 0.3) is 0 Å². The van der Waals surface area contributed by atoms with Gasteiger partial charge in [-0.25, -0.2) is 0 Å². The van der Waals surface area contributed by atoms with Gasteiger partial charge in [-0.2, -0.15) is 0 Å². The molecular formula is C16H25NO2. The minimum atomic E-state index is -0.462. The lowest BCUT2D eigenvalue weighted by Crippen LogP contribution is -2.31. The van der Waals surface area contributed by atoms with E-state index in [9.17, 15) is 5.11 Å². The van der Waals surface area contributed by atoms with Crippen LogP contribution in [0.4, 0.5) is 0 Å². The summed E-state index contributed by atoms with van der Waals surface area (Å²) in [4.78, 5) is 2.39. The molecule has 1 saturated heterocycles. The van der Waals surface area contributed by atoms with Gasteiger partial charge < -0.3 is 14.7 Å². The first kappa shape index (κ1) is 14.4. The maximum Gasteiger partial charge on any atom is 0.124 e. The number of β-amino-alcohol motifs (C(OH)–C–C–N with tert-alkyl or cyclic N) is 1. The molecule has 0 aromatic heterocycles. The molecule has 0 aliphatic carbocycles. The van der Waals surface area contributed by atoms with Crippen molar-refractivity contribution in [3.63, 3.8) is 0 Å². The first-order valence-corrected chi connectivity index (χ1v) is 7.34. The number of ether oxygens (including phenoxy) is 1.